The molecule has 8 heteroatoms. The van der Waals surface area contributed by atoms with E-state index in [0.717, 1.165) is 46.2 Å². The van der Waals surface area contributed by atoms with E-state index in [1.54, 1.807) is 10.9 Å². The van der Waals surface area contributed by atoms with Crippen LogP contribution in [-0.4, -0.2) is 26.1 Å². The van der Waals surface area contributed by atoms with Gasteiger partial charge >= 0.3 is 0 Å². The lowest BCUT2D eigenvalue weighted by molar-refractivity contribution is 0.305. The standard InChI is InChI=1S/C25H24N6O2/c1-4-14-10-15(11-18-20(12-26)29-30-25(32)22(14)18)19-13-28-31(3)24(19)17-6-5-7-21(23(17)27-2)33-16-8-9-16/h5-7,10-11,13,16H,4,8-9,12,26H2,1,3H3,(H,30,32). The number of aromatic amines is 1. The molecule has 0 radical (unpaired) electrons. The maximum absolute atomic E-state index is 12.6. The normalized spacial score (nSPS) is 13.3. The highest BCUT2D eigenvalue weighted by Crippen LogP contribution is 2.44. The summed E-state index contributed by atoms with van der Waals surface area (Å²) in [6.07, 6.45) is 4.70. The van der Waals surface area contributed by atoms with Gasteiger partial charge < -0.3 is 10.5 Å². The average molecular weight is 441 g/mol. The largest absolute Gasteiger partial charge is 0.501 e. The van der Waals surface area contributed by atoms with Crippen molar-refractivity contribution in [1.29, 1.82) is 0 Å². The molecule has 0 spiro atoms. The number of aromatic nitrogens is 4. The molecule has 0 saturated heterocycles. The fraction of sp³-hybridized carbons (Fsp3) is 0.280. The SMILES string of the molecule is [C-]#[N+]c1c(OC2CC2)cccc1-c1c(-c2cc(CC)c3c(=O)[nH]nc(CN)c3c2)cnn1C. The van der Waals surface area contributed by atoms with Crippen molar-refractivity contribution in [3.63, 3.8) is 0 Å². The van der Waals surface area contributed by atoms with Crippen LogP contribution in [0.4, 0.5) is 5.69 Å². The minimum atomic E-state index is -0.225. The predicted molar refractivity (Wildman–Crippen MR) is 127 cm³/mol. The lowest BCUT2D eigenvalue weighted by Gasteiger charge is -2.14. The number of aryl methyl sites for hydroxylation is 2. The Balaban J connectivity index is 1.75. The van der Waals surface area contributed by atoms with E-state index in [-0.39, 0.29) is 18.2 Å². The van der Waals surface area contributed by atoms with E-state index in [2.05, 4.69) is 20.1 Å². The van der Waals surface area contributed by atoms with Gasteiger partial charge in [0.15, 0.2) is 0 Å². The molecule has 0 amide bonds. The molecule has 1 fully saturated rings. The molecule has 33 heavy (non-hydrogen) atoms. The van der Waals surface area contributed by atoms with Crippen molar-refractivity contribution in [3.05, 3.63) is 69.6 Å². The summed E-state index contributed by atoms with van der Waals surface area (Å²) in [6.45, 7) is 10.1. The minimum Gasteiger partial charge on any atom is -0.501 e. The van der Waals surface area contributed by atoms with Gasteiger partial charge in [-0.2, -0.15) is 10.2 Å². The van der Waals surface area contributed by atoms with Gasteiger partial charge in [-0.15, -0.1) is 0 Å². The number of hydrogen-bond donors (Lipinski definition) is 2. The van der Waals surface area contributed by atoms with Crippen LogP contribution in [-0.2, 0) is 20.0 Å². The molecule has 2 heterocycles. The summed E-state index contributed by atoms with van der Waals surface area (Å²) in [5.74, 6) is 0.603. The zero-order valence-electron chi connectivity index (χ0n) is 18.6. The third-order valence-corrected chi connectivity index (χ3v) is 6.06. The predicted octanol–water partition coefficient (Wildman–Crippen LogP) is 4.10. The highest BCUT2D eigenvalue weighted by atomic mass is 16.5. The van der Waals surface area contributed by atoms with E-state index in [4.69, 9.17) is 17.0 Å². The third-order valence-electron chi connectivity index (χ3n) is 6.06. The molecule has 1 saturated carbocycles. The number of benzene rings is 2. The van der Waals surface area contributed by atoms with Crippen molar-refractivity contribution in [2.75, 3.05) is 0 Å². The first-order chi connectivity index (χ1) is 16.0. The van der Waals surface area contributed by atoms with E-state index in [1.165, 1.54) is 0 Å². The lowest BCUT2D eigenvalue weighted by atomic mass is 9.94. The molecular formula is C25H24N6O2. The molecule has 1 aliphatic rings. The van der Waals surface area contributed by atoms with Gasteiger partial charge in [-0.05, 0) is 42.5 Å². The number of fused-ring (bicyclic) bond motifs is 1. The molecule has 1 aliphatic carbocycles. The Morgan fingerprint density at radius 2 is 2.12 bits per heavy atom. The van der Waals surface area contributed by atoms with Gasteiger partial charge in [0.1, 0.15) is 5.75 Å². The second kappa shape index (κ2) is 8.19. The van der Waals surface area contributed by atoms with E-state index in [0.29, 0.717) is 28.9 Å². The number of nitrogens with one attached hydrogen (secondary N) is 1. The van der Waals surface area contributed by atoms with Crippen LogP contribution in [0.25, 0.3) is 38.0 Å². The van der Waals surface area contributed by atoms with Gasteiger partial charge in [0.25, 0.3) is 5.56 Å². The van der Waals surface area contributed by atoms with Crippen LogP contribution in [0.3, 0.4) is 0 Å². The van der Waals surface area contributed by atoms with Crippen molar-refractivity contribution >= 4 is 16.5 Å². The number of nitrogens with two attached hydrogens (primary N) is 1. The monoisotopic (exact) mass is 440 g/mol. The molecular weight excluding hydrogens is 416 g/mol. The van der Waals surface area contributed by atoms with Crippen LogP contribution in [0.1, 0.15) is 31.0 Å². The summed E-state index contributed by atoms with van der Waals surface area (Å²) in [5.41, 5.74) is 11.1. The van der Waals surface area contributed by atoms with Gasteiger partial charge in [0.05, 0.1) is 35.6 Å². The Bertz CT molecular complexity index is 1470. The maximum Gasteiger partial charge on any atom is 0.272 e. The van der Waals surface area contributed by atoms with Gasteiger partial charge in [-0.3, -0.25) is 9.48 Å². The van der Waals surface area contributed by atoms with E-state index in [9.17, 15) is 4.79 Å². The lowest BCUT2D eigenvalue weighted by Crippen LogP contribution is -2.15. The molecule has 2 aromatic heterocycles. The molecule has 4 aromatic rings. The molecule has 166 valence electrons. The minimum absolute atomic E-state index is 0.194. The van der Waals surface area contributed by atoms with Gasteiger partial charge in [-0.1, -0.05) is 25.1 Å². The number of ether oxygens (including phenoxy) is 1. The van der Waals surface area contributed by atoms with Crippen molar-refractivity contribution in [2.45, 2.75) is 38.8 Å². The Morgan fingerprint density at radius 1 is 1.30 bits per heavy atom. The highest BCUT2D eigenvalue weighted by Gasteiger charge is 2.26. The van der Waals surface area contributed by atoms with Gasteiger partial charge in [0.2, 0.25) is 5.69 Å². The first-order valence-corrected chi connectivity index (χ1v) is 11.0. The average Bonchev–Trinajstić information content (AvgIpc) is 3.57. The van der Waals surface area contributed by atoms with Crippen LogP contribution < -0.4 is 16.0 Å². The van der Waals surface area contributed by atoms with Crippen LogP contribution in [0.5, 0.6) is 5.75 Å². The number of para-hydroxylation sites is 1. The summed E-state index contributed by atoms with van der Waals surface area (Å²) in [4.78, 5) is 16.4. The van der Waals surface area contributed by atoms with Crippen molar-refractivity contribution in [1.82, 2.24) is 20.0 Å². The number of hydrogen-bond acceptors (Lipinski definition) is 5. The second-order valence-corrected chi connectivity index (χ2v) is 8.23. The highest BCUT2D eigenvalue weighted by molar-refractivity contribution is 5.95. The van der Waals surface area contributed by atoms with Crippen molar-refractivity contribution < 1.29 is 4.74 Å². The maximum atomic E-state index is 12.6. The molecule has 2 aromatic carbocycles. The Kier molecular flexibility index (Phi) is 5.19. The van der Waals surface area contributed by atoms with Crippen LogP contribution in [0.15, 0.2) is 41.3 Å². The van der Waals surface area contributed by atoms with Crippen LogP contribution in [0, 0.1) is 6.57 Å². The summed E-state index contributed by atoms with van der Waals surface area (Å²) in [7, 11) is 1.86. The van der Waals surface area contributed by atoms with E-state index >= 15 is 0 Å². The quantitative estimate of drug-likeness (QED) is 0.439. The smallest absolute Gasteiger partial charge is 0.272 e. The Labute approximate surface area is 190 Å². The first kappa shape index (κ1) is 20.9. The molecule has 8 nitrogen and oxygen atoms in total. The Hall–Kier alpha value is -3.96. The molecule has 0 atom stereocenters. The van der Waals surface area contributed by atoms with Crippen molar-refractivity contribution in [2.24, 2.45) is 12.8 Å². The number of nitrogens with zero attached hydrogens (tertiary/aromatic N) is 4. The zero-order valence-corrected chi connectivity index (χ0v) is 18.6. The molecule has 0 aliphatic heterocycles. The molecule has 5 rings (SSSR count). The fourth-order valence-electron chi connectivity index (χ4n) is 4.28. The fourth-order valence-corrected chi connectivity index (χ4v) is 4.28. The summed E-state index contributed by atoms with van der Waals surface area (Å²) in [6, 6.07) is 9.64. The second-order valence-electron chi connectivity index (χ2n) is 8.23. The topological polar surface area (TPSA) is 103 Å². The summed E-state index contributed by atoms with van der Waals surface area (Å²) < 4.78 is 7.78. The summed E-state index contributed by atoms with van der Waals surface area (Å²) in [5, 5.41) is 12.6. The van der Waals surface area contributed by atoms with Gasteiger partial charge in [-0.25, -0.2) is 9.94 Å². The molecule has 0 unspecified atom stereocenters. The third kappa shape index (κ3) is 3.56. The van der Waals surface area contributed by atoms with Crippen LogP contribution >= 0.6 is 0 Å². The molecule has 0 bridgehead atoms. The zero-order chi connectivity index (χ0) is 23.1. The van der Waals surface area contributed by atoms with Crippen molar-refractivity contribution in [3.8, 4) is 28.1 Å². The molecule has 3 N–H and O–H groups in total. The van der Waals surface area contributed by atoms with Gasteiger partial charge in [0, 0.05) is 30.1 Å². The number of H-pyrrole nitrogens is 1. The Morgan fingerprint density at radius 3 is 2.82 bits per heavy atom. The first-order valence-electron chi connectivity index (χ1n) is 11.0. The number of rotatable bonds is 6. The van der Waals surface area contributed by atoms with E-state index in [1.807, 2.05) is 44.3 Å². The summed E-state index contributed by atoms with van der Waals surface area (Å²) >= 11 is 0. The van der Waals surface area contributed by atoms with Crippen LogP contribution in [0.2, 0.25) is 0 Å². The van der Waals surface area contributed by atoms with E-state index < -0.39 is 0 Å².